The van der Waals surface area contributed by atoms with E-state index in [1.54, 1.807) is 6.07 Å². The van der Waals surface area contributed by atoms with E-state index in [9.17, 15) is 14.0 Å². The van der Waals surface area contributed by atoms with Crippen LogP contribution in [0.4, 0.5) is 4.39 Å². The Kier molecular flexibility index (Phi) is 6.70. The Hall–Kier alpha value is -1.91. The molecule has 2 amide bonds. The smallest absolute Gasteiger partial charge is 0.251 e. The number of hydrogen-bond donors (Lipinski definition) is 2. The number of hydrogen-bond acceptors (Lipinski definition) is 2. The maximum absolute atomic E-state index is 13.0. The molecule has 20 heavy (non-hydrogen) atoms. The van der Waals surface area contributed by atoms with Crippen molar-refractivity contribution in [2.75, 3.05) is 13.1 Å². The van der Waals surface area contributed by atoms with Crippen LogP contribution in [0, 0.1) is 11.7 Å². The zero-order chi connectivity index (χ0) is 15.0. The van der Waals surface area contributed by atoms with E-state index in [-0.39, 0.29) is 23.3 Å². The van der Waals surface area contributed by atoms with Crippen LogP contribution in [-0.4, -0.2) is 24.9 Å². The molecule has 0 aliphatic rings. The molecule has 0 heterocycles. The molecule has 1 aromatic carbocycles. The van der Waals surface area contributed by atoms with Crippen LogP contribution >= 0.6 is 0 Å². The first-order valence-electron chi connectivity index (χ1n) is 6.90. The Morgan fingerprint density at radius 3 is 2.40 bits per heavy atom. The molecule has 1 rings (SSSR count). The van der Waals surface area contributed by atoms with Gasteiger partial charge in [0.15, 0.2) is 0 Å². The fourth-order valence-corrected chi connectivity index (χ4v) is 1.90. The summed E-state index contributed by atoms with van der Waals surface area (Å²) in [7, 11) is 0. The van der Waals surface area contributed by atoms with Crippen LogP contribution in [-0.2, 0) is 4.79 Å². The minimum Gasteiger partial charge on any atom is -0.354 e. The topological polar surface area (TPSA) is 58.2 Å². The second-order valence-electron chi connectivity index (χ2n) is 4.57. The van der Waals surface area contributed by atoms with Gasteiger partial charge in [0.2, 0.25) is 5.91 Å². The van der Waals surface area contributed by atoms with Gasteiger partial charge in [0, 0.05) is 24.6 Å². The average Bonchev–Trinajstić information content (AvgIpc) is 2.44. The van der Waals surface area contributed by atoms with E-state index in [2.05, 4.69) is 10.6 Å². The highest BCUT2D eigenvalue weighted by Gasteiger charge is 2.13. The molecule has 0 radical (unpaired) electrons. The zero-order valence-corrected chi connectivity index (χ0v) is 11.9. The van der Waals surface area contributed by atoms with E-state index in [4.69, 9.17) is 0 Å². The van der Waals surface area contributed by atoms with Crippen LogP contribution in [0.15, 0.2) is 24.3 Å². The third-order valence-corrected chi connectivity index (χ3v) is 3.15. The molecule has 0 aliphatic carbocycles. The average molecular weight is 280 g/mol. The van der Waals surface area contributed by atoms with Crippen molar-refractivity contribution in [2.45, 2.75) is 26.7 Å². The van der Waals surface area contributed by atoms with Gasteiger partial charge in [-0.05, 0) is 31.0 Å². The normalized spacial score (nSPS) is 10.4. The first-order valence-corrected chi connectivity index (χ1v) is 6.90. The van der Waals surface area contributed by atoms with Crippen molar-refractivity contribution in [1.82, 2.24) is 10.6 Å². The third kappa shape index (κ3) is 4.99. The summed E-state index contributed by atoms with van der Waals surface area (Å²) in [5.41, 5.74) is 0.274. The molecule has 110 valence electrons. The van der Waals surface area contributed by atoms with E-state index in [0.717, 1.165) is 12.8 Å². The molecule has 0 unspecified atom stereocenters. The number of amides is 2. The lowest BCUT2D eigenvalue weighted by molar-refractivity contribution is -0.125. The van der Waals surface area contributed by atoms with Gasteiger partial charge in [0.1, 0.15) is 5.82 Å². The number of carbonyl (C=O) groups is 2. The fraction of sp³-hybridized carbons (Fsp3) is 0.467. The van der Waals surface area contributed by atoms with Crippen LogP contribution in [0.3, 0.4) is 0 Å². The third-order valence-electron chi connectivity index (χ3n) is 3.15. The maximum atomic E-state index is 13.0. The second-order valence-corrected chi connectivity index (χ2v) is 4.57. The molecule has 4 nitrogen and oxygen atoms in total. The molecule has 0 saturated heterocycles. The molecule has 0 bridgehead atoms. The Bertz CT molecular complexity index is 459. The van der Waals surface area contributed by atoms with Gasteiger partial charge in [0.25, 0.3) is 5.91 Å². The van der Waals surface area contributed by atoms with E-state index in [1.807, 2.05) is 13.8 Å². The van der Waals surface area contributed by atoms with E-state index < -0.39 is 5.82 Å². The summed E-state index contributed by atoms with van der Waals surface area (Å²) in [4.78, 5) is 23.4. The Labute approximate surface area is 118 Å². The van der Waals surface area contributed by atoms with E-state index in [0.29, 0.717) is 13.1 Å². The summed E-state index contributed by atoms with van der Waals surface area (Å²) >= 11 is 0. The Morgan fingerprint density at radius 1 is 1.15 bits per heavy atom. The number of rotatable bonds is 7. The Morgan fingerprint density at radius 2 is 1.80 bits per heavy atom. The predicted molar refractivity (Wildman–Crippen MR) is 75.8 cm³/mol. The van der Waals surface area contributed by atoms with Gasteiger partial charge in [-0.15, -0.1) is 0 Å². The molecule has 2 N–H and O–H groups in total. The Balaban J connectivity index is 2.31. The molecule has 0 aromatic heterocycles. The zero-order valence-electron chi connectivity index (χ0n) is 11.9. The van der Waals surface area contributed by atoms with Gasteiger partial charge >= 0.3 is 0 Å². The van der Waals surface area contributed by atoms with Gasteiger partial charge in [-0.1, -0.05) is 19.9 Å². The number of nitrogens with one attached hydrogen (secondary N) is 2. The van der Waals surface area contributed by atoms with Crippen molar-refractivity contribution in [3.8, 4) is 0 Å². The first kappa shape index (κ1) is 16.1. The second kappa shape index (κ2) is 8.30. The standard InChI is InChI=1S/C15H21FN2O2/c1-3-11(4-2)14(19)17-8-9-18-15(20)12-6-5-7-13(16)10-12/h5-7,10-11H,3-4,8-9H2,1-2H3,(H,17,19)(H,18,20). The van der Waals surface area contributed by atoms with Crippen LogP contribution in [0.1, 0.15) is 37.0 Å². The van der Waals surface area contributed by atoms with Crippen molar-refractivity contribution in [1.29, 1.82) is 0 Å². The molecule has 0 spiro atoms. The fourth-order valence-electron chi connectivity index (χ4n) is 1.90. The summed E-state index contributed by atoms with van der Waals surface area (Å²) in [6, 6.07) is 5.49. The lowest BCUT2D eigenvalue weighted by Gasteiger charge is -2.13. The molecule has 0 atom stereocenters. The lowest BCUT2D eigenvalue weighted by atomic mass is 10.0. The number of halogens is 1. The van der Waals surface area contributed by atoms with Crippen LogP contribution < -0.4 is 10.6 Å². The monoisotopic (exact) mass is 280 g/mol. The summed E-state index contributed by atoms with van der Waals surface area (Å²) in [6.07, 6.45) is 1.61. The highest BCUT2D eigenvalue weighted by Crippen LogP contribution is 2.06. The minimum atomic E-state index is -0.445. The molecule has 0 fully saturated rings. The molecule has 1 aromatic rings. The highest BCUT2D eigenvalue weighted by atomic mass is 19.1. The van der Waals surface area contributed by atoms with Gasteiger partial charge in [-0.25, -0.2) is 4.39 Å². The number of benzene rings is 1. The van der Waals surface area contributed by atoms with Crippen LogP contribution in [0.25, 0.3) is 0 Å². The number of carbonyl (C=O) groups excluding carboxylic acids is 2. The molecular formula is C15H21FN2O2. The van der Waals surface area contributed by atoms with E-state index >= 15 is 0 Å². The van der Waals surface area contributed by atoms with Gasteiger partial charge in [-0.2, -0.15) is 0 Å². The molecule has 5 heteroatoms. The summed E-state index contributed by atoms with van der Waals surface area (Å²) in [6.45, 7) is 4.64. The lowest BCUT2D eigenvalue weighted by Crippen LogP contribution is -2.37. The highest BCUT2D eigenvalue weighted by molar-refractivity contribution is 5.94. The van der Waals surface area contributed by atoms with Gasteiger partial charge < -0.3 is 10.6 Å². The van der Waals surface area contributed by atoms with Crippen molar-refractivity contribution in [2.24, 2.45) is 5.92 Å². The minimum absolute atomic E-state index is 0.00926. The van der Waals surface area contributed by atoms with Crippen molar-refractivity contribution < 1.29 is 14.0 Å². The maximum Gasteiger partial charge on any atom is 0.251 e. The van der Waals surface area contributed by atoms with Crippen molar-refractivity contribution in [3.63, 3.8) is 0 Å². The SMILES string of the molecule is CCC(CC)C(=O)NCCNC(=O)c1cccc(F)c1. The summed E-state index contributed by atoms with van der Waals surface area (Å²) in [5, 5.41) is 5.41. The predicted octanol–water partition coefficient (Wildman–Crippen LogP) is 2.11. The largest absolute Gasteiger partial charge is 0.354 e. The van der Waals surface area contributed by atoms with Crippen LogP contribution in [0.2, 0.25) is 0 Å². The quantitative estimate of drug-likeness (QED) is 0.752. The molecule has 0 aliphatic heterocycles. The van der Waals surface area contributed by atoms with Crippen molar-refractivity contribution in [3.05, 3.63) is 35.6 Å². The van der Waals surface area contributed by atoms with E-state index in [1.165, 1.54) is 18.2 Å². The van der Waals surface area contributed by atoms with Crippen molar-refractivity contribution >= 4 is 11.8 Å². The van der Waals surface area contributed by atoms with Gasteiger partial charge in [0.05, 0.1) is 0 Å². The van der Waals surface area contributed by atoms with Crippen LogP contribution in [0.5, 0.6) is 0 Å². The first-order chi connectivity index (χ1) is 9.58. The van der Waals surface area contributed by atoms with Gasteiger partial charge in [-0.3, -0.25) is 9.59 Å². The summed E-state index contributed by atoms with van der Waals surface area (Å²) in [5.74, 6) is -0.759. The molecular weight excluding hydrogens is 259 g/mol. The molecule has 0 saturated carbocycles. The summed E-state index contributed by atoms with van der Waals surface area (Å²) < 4.78 is 13.0.